The lowest BCUT2D eigenvalue weighted by molar-refractivity contribution is 1.07. The summed E-state index contributed by atoms with van der Waals surface area (Å²) in [5, 5.41) is 16.5. The fourth-order valence-corrected chi connectivity index (χ4v) is 31.3. The highest BCUT2D eigenvalue weighted by atomic mass is 28.3. The van der Waals surface area contributed by atoms with Crippen molar-refractivity contribution < 1.29 is 0 Å². The van der Waals surface area contributed by atoms with Crippen LogP contribution in [0.5, 0.6) is 0 Å². The van der Waals surface area contributed by atoms with Crippen molar-refractivity contribution in [2.24, 2.45) is 0 Å². The number of rotatable bonds is 15. The summed E-state index contributed by atoms with van der Waals surface area (Å²) in [5.41, 5.74) is 30.7. The maximum absolute atomic E-state index is 5.27. The highest BCUT2D eigenvalue weighted by molar-refractivity contribution is 7.05. The summed E-state index contributed by atoms with van der Waals surface area (Å²) < 4.78 is 0. The highest BCUT2D eigenvalue weighted by Crippen LogP contribution is 2.45. The van der Waals surface area contributed by atoms with E-state index in [9.17, 15) is 0 Å². The minimum Gasteiger partial charge on any atom is -0.208 e. The van der Waals surface area contributed by atoms with Gasteiger partial charge in [0.2, 0.25) is 0 Å². The summed E-state index contributed by atoms with van der Waals surface area (Å²) >= 11 is 0. The first-order valence-corrected chi connectivity index (χ1v) is 59.4. The second-order valence-electron chi connectivity index (χ2n) is 39.8. The van der Waals surface area contributed by atoms with Crippen LogP contribution in [0.2, 0.25) is 39.3 Å². The van der Waals surface area contributed by atoms with Gasteiger partial charge in [-0.3, -0.25) is 0 Å². The van der Waals surface area contributed by atoms with Crippen LogP contribution < -0.4 is 31.1 Å². The largest absolute Gasteiger partial charge is 0.208 e. The Balaban J connectivity index is 0.000000115. The maximum Gasteiger partial charge on any atom is 0.164 e. The smallest absolute Gasteiger partial charge is 0.164 e. The van der Waals surface area contributed by atoms with Crippen molar-refractivity contribution in [3.05, 3.63) is 491 Å². The summed E-state index contributed by atoms with van der Waals surface area (Å²) in [4.78, 5) is 46.5. The van der Waals surface area contributed by atoms with Crippen LogP contribution in [0, 0.1) is 0 Å². The molecule has 3 aromatic heterocycles. The molecule has 12 heteroatoms. The second-order valence-corrected chi connectivity index (χ2v) is 52.8. The highest BCUT2D eigenvalue weighted by Gasteiger charge is 2.43. The quantitative estimate of drug-likeness (QED) is 0.0925. The molecule has 0 saturated heterocycles. The molecule has 0 atom stereocenters. The standard InChI is InChI=1S/3C45H33N3Si/c1-49(2)39-22-12-21-38(42(39)41-37-20-10-9-17-33(37)27-28-40(41)49)45-47-43(34-25-23-32(24-26-34)30-13-5-3-6-14-30)46-44(48-45)36-19-11-18-35(29-36)31-15-7-4-8-16-31;1-49(2)40-26-25-37(29-39(40)42-38-19-10-9-16-33(38)24-27-41(42)49)45-47-43(34-22-20-32(21-23-34)30-12-5-3-6-13-30)46-44(48-45)36-18-11-17-35(28-36)31-14-7-4-8-15-31;1-49(2)40-27-25-33-16-9-10-19-38(33)42(40)39-26-24-37(29-41(39)49)45-47-43(34-22-20-32(21-23-34)30-12-5-3-6-13-30)46-44(48-45)36-18-11-17-35(28-36)31-14-7-4-8-15-31/h3*3-29H,1-2H3. The monoisotopic (exact) mass is 1930 g/mol. The van der Waals surface area contributed by atoms with Gasteiger partial charge in [0, 0.05) is 50.1 Å². The Bertz CT molecular complexity index is 9210. The Kier molecular flexibility index (Phi) is 23.2. The van der Waals surface area contributed by atoms with Gasteiger partial charge in [-0.1, -0.05) is 506 Å². The van der Waals surface area contributed by atoms with Crippen LogP contribution in [0.1, 0.15) is 0 Å². The maximum atomic E-state index is 5.27. The SMILES string of the molecule is C[Si]1(C)c2cc(-c3nc(-c4ccc(-c5ccccc5)cc4)nc(-c4cccc(-c5ccccc5)c4)n3)ccc2-c2c1ccc1ccccc21.C[Si]1(C)c2ccc(-c3nc(-c4ccc(-c5ccccc5)cc4)nc(-c4cccc(-c5ccccc5)c4)n3)cc2-c2c1ccc1ccccc21.C[Si]1(C)c2cccc(-c3nc(-c4ccc(-c5ccccc5)cc4)nc(-c4cccc(-c5ccccc5)c4)n3)c2-c2c1ccc1ccccc21. The van der Waals surface area contributed by atoms with Gasteiger partial charge < -0.3 is 0 Å². The van der Waals surface area contributed by atoms with E-state index < -0.39 is 24.2 Å². The Hall–Kier alpha value is -17.9. The van der Waals surface area contributed by atoms with E-state index in [0.29, 0.717) is 52.4 Å². The number of hydrogen-bond acceptors (Lipinski definition) is 9. The van der Waals surface area contributed by atoms with E-state index in [1.54, 1.807) is 0 Å². The molecule has 21 aromatic carbocycles. The first kappa shape index (κ1) is 90.4. The van der Waals surface area contributed by atoms with E-state index in [2.05, 4.69) is 494 Å². The molecule has 0 spiro atoms. The van der Waals surface area contributed by atoms with Crippen LogP contribution in [0.15, 0.2) is 491 Å². The van der Waals surface area contributed by atoms with Crippen molar-refractivity contribution >= 4 is 87.7 Å². The number of aromatic nitrogens is 9. The molecule has 147 heavy (non-hydrogen) atoms. The first-order chi connectivity index (χ1) is 72.1. The van der Waals surface area contributed by atoms with E-state index in [0.717, 1.165) is 100 Å². The Morgan fingerprint density at radius 2 is 0.354 bits per heavy atom. The Morgan fingerprint density at radius 1 is 0.122 bits per heavy atom. The third-order valence-corrected chi connectivity index (χ3v) is 40.4. The number of benzene rings is 21. The molecule has 9 nitrogen and oxygen atoms in total. The van der Waals surface area contributed by atoms with Gasteiger partial charge in [0.05, 0.1) is 0 Å². The minimum atomic E-state index is -1.97. The lowest BCUT2D eigenvalue weighted by Crippen LogP contribution is -2.49. The molecule has 0 amide bonds. The van der Waals surface area contributed by atoms with Gasteiger partial charge in [0.1, 0.15) is 24.2 Å². The van der Waals surface area contributed by atoms with Gasteiger partial charge in [-0.05, 0) is 188 Å². The molecule has 0 fully saturated rings. The normalized spacial score (nSPS) is 12.9. The lowest BCUT2D eigenvalue weighted by Gasteiger charge is -2.19. The molecule has 0 unspecified atom stereocenters. The molecule has 24 aromatic rings. The molecule has 0 N–H and O–H groups in total. The van der Waals surface area contributed by atoms with Crippen LogP contribution in [0.3, 0.4) is 0 Å². The van der Waals surface area contributed by atoms with Crippen molar-refractivity contribution in [2.75, 3.05) is 0 Å². The zero-order chi connectivity index (χ0) is 98.9. The summed E-state index contributed by atoms with van der Waals surface area (Å²) in [5.74, 6) is 6.02. The Labute approximate surface area is 859 Å². The third-order valence-electron chi connectivity index (χ3n) is 29.8. The predicted molar refractivity (Wildman–Crippen MR) is 620 cm³/mol. The molecule has 6 heterocycles. The van der Waals surface area contributed by atoms with Crippen LogP contribution >= 0.6 is 0 Å². The average Bonchev–Trinajstić information content (AvgIpc) is 1.56. The van der Waals surface area contributed by atoms with Crippen molar-refractivity contribution in [3.8, 4) is 203 Å². The average molecular weight is 1930 g/mol. The molecule has 0 saturated carbocycles. The summed E-state index contributed by atoms with van der Waals surface area (Å²) in [6.45, 7) is 14.8. The first-order valence-electron chi connectivity index (χ1n) is 50.4. The zero-order valence-corrected chi connectivity index (χ0v) is 85.3. The molecule has 0 radical (unpaired) electrons. The van der Waals surface area contributed by atoms with Gasteiger partial charge in [-0.25, -0.2) is 44.9 Å². The topological polar surface area (TPSA) is 116 Å². The van der Waals surface area contributed by atoms with Crippen LogP contribution in [-0.2, 0) is 0 Å². The van der Waals surface area contributed by atoms with Crippen molar-refractivity contribution in [3.63, 3.8) is 0 Å². The summed E-state index contributed by atoms with van der Waals surface area (Å²) in [7, 11) is -5.82. The van der Waals surface area contributed by atoms with Crippen LogP contribution in [0.4, 0.5) is 0 Å². The van der Waals surface area contributed by atoms with E-state index in [1.165, 1.54) is 114 Å². The molecule has 27 rings (SSSR count). The van der Waals surface area contributed by atoms with Gasteiger partial charge >= 0.3 is 0 Å². The molecule has 3 aliphatic rings. The zero-order valence-electron chi connectivity index (χ0n) is 82.3. The summed E-state index contributed by atoms with van der Waals surface area (Å²) in [6, 6.07) is 174. The van der Waals surface area contributed by atoms with Crippen LogP contribution in [-0.4, -0.2) is 69.1 Å². The molecule has 696 valence electrons. The predicted octanol–water partition coefficient (Wildman–Crippen LogP) is 30.5. The minimum absolute atomic E-state index is 0.658. The third kappa shape index (κ3) is 17.0. The fourth-order valence-electron chi connectivity index (χ4n) is 22.1. The molecule has 0 bridgehead atoms. The van der Waals surface area contributed by atoms with Crippen LogP contribution in [0.25, 0.3) is 235 Å². The second kappa shape index (κ2) is 37.7. The molecule has 3 aliphatic heterocycles. The number of hydrogen-bond donors (Lipinski definition) is 0. The van der Waals surface area contributed by atoms with Crippen molar-refractivity contribution in [1.82, 2.24) is 44.9 Å². The van der Waals surface area contributed by atoms with Gasteiger partial charge in [-0.15, -0.1) is 0 Å². The van der Waals surface area contributed by atoms with Gasteiger partial charge in [0.25, 0.3) is 0 Å². The fraction of sp³-hybridized carbons (Fsp3) is 0.0444. The van der Waals surface area contributed by atoms with Crippen molar-refractivity contribution in [2.45, 2.75) is 39.3 Å². The van der Waals surface area contributed by atoms with E-state index in [-0.39, 0.29) is 0 Å². The summed E-state index contributed by atoms with van der Waals surface area (Å²) in [6.07, 6.45) is 0. The lowest BCUT2D eigenvalue weighted by atomic mass is 9.94. The molecule has 0 aliphatic carbocycles. The van der Waals surface area contributed by atoms with E-state index in [4.69, 9.17) is 44.9 Å². The number of fused-ring (bicyclic) bond motifs is 15. The Morgan fingerprint density at radius 3 is 0.728 bits per heavy atom. The molecular formula is C135H99N9Si3. The van der Waals surface area contributed by atoms with Gasteiger partial charge in [-0.2, -0.15) is 0 Å². The van der Waals surface area contributed by atoms with E-state index >= 15 is 0 Å². The van der Waals surface area contributed by atoms with Crippen molar-refractivity contribution in [1.29, 1.82) is 0 Å². The number of nitrogens with zero attached hydrogens (tertiary/aromatic N) is 9. The molecular weight excluding hydrogens is 1830 g/mol. The van der Waals surface area contributed by atoms with Gasteiger partial charge in [0.15, 0.2) is 52.4 Å². The van der Waals surface area contributed by atoms with E-state index in [1.807, 2.05) is 36.4 Å².